The number of ketones is 2. The van der Waals surface area contributed by atoms with E-state index in [1.165, 1.54) is 0 Å². The Labute approximate surface area is 286 Å². The van der Waals surface area contributed by atoms with Crippen molar-refractivity contribution in [3.8, 4) is 17.2 Å². The van der Waals surface area contributed by atoms with Gasteiger partial charge in [0.05, 0.1) is 19.8 Å². The van der Waals surface area contributed by atoms with E-state index in [2.05, 4.69) is 0 Å². The van der Waals surface area contributed by atoms with Crippen LogP contribution in [0.25, 0.3) is 0 Å². The maximum absolute atomic E-state index is 12.6. The summed E-state index contributed by atoms with van der Waals surface area (Å²) in [4.78, 5) is 55.3. The lowest BCUT2D eigenvalue weighted by atomic mass is 10.0. The summed E-state index contributed by atoms with van der Waals surface area (Å²) in [5.41, 5.74) is 2.37. The lowest BCUT2D eigenvalue weighted by Gasteiger charge is -2.08. The first kappa shape index (κ1) is 38.4. The lowest BCUT2D eigenvalue weighted by molar-refractivity contribution is -0.293. The van der Waals surface area contributed by atoms with Crippen LogP contribution in [-0.4, -0.2) is 70.4 Å². The molecule has 0 amide bonds. The number of carbonyl (C=O) groups is 3. The standard InChI is InChI=1S/C21H24O7.C17H18O4/c1-3-24-20(22)15-26-19-11-7-17(8-12-19)21(23)16-5-9-18(10-6-16)25-13-14-28-27-4-2;1-2-20-21-13-12-19-16-10-8-15(9-11-16)17(18)14-6-4-3-5-7-14/h5-12H,3-4,13-15H2,1-2H3;3-11H,2,12-13H2,1H3. The molecule has 0 saturated heterocycles. The number of benzene rings is 4. The van der Waals surface area contributed by atoms with Crippen LogP contribution in [0.2, 0.25) is 0 Å². The van der Waals surface area contributed by atoms with Gasteiger partial charge in [0.2, 0.25) is 0 Å². The van der Waals surface area contributed by atoms with Gasteiger partial charge in [-0.25, -0.2) is 24.3 Å². The summed E-state index contributed by atoms with van der Waals surface area (Å²) >= 11 is 0. The van der Waals surface area contributed by atoms with E-state index in [9.17, 15) is 14.4 Å². The largest absolute Gasteiger partial charge is 0.491 e. The molecule has 0 fully saturated rings. The Kier molecular flexibility index (Phi) is 17.6. The molecule has 0 heterocycles. The predicted molar refractivity (Wildman–Crippen MR) is 181 cm³/mol. The van der Waals surface area contributed by atoms with Crippen molar-refractivity contribution in [1.29, 1.82) is 0 Å². The molecule has 11 nitrogen and oxygen atoms in total. The van der Waals surface area contributed by atoms with E-state index in [4.69, 9.17) is 38.5 Å². The Morgan fingerprint density at radius 1 is 0.429 bits per heavy atom. The molecule has 0 N–H and O–H groups in total. The van der Waals surface area contributed by atoms with Gasteiger partial charge in [0.1, 0.15) is 43.7 Å². The van der Waals surface area contributed by atoms with Gasteiger partial charge in [0.25, 0.3) is 0 Å². The molecule has 4 rings (SSSR count). The van der Waals surface area contributed by atoms with Crippen LogP contribution in [0.5, 0.6) is 17.2 Å². The van der Waals surface area contributed by atoms with Gasteiger partial charge in [-0.1, -0.05) is 30.3 Å². The van der Waals surface area contributed by atoms with Gasteiger partial charge in [0, 0.05) is 22.3 Å². The summed E-state index contributed by atoms with van der Waals surface area (Å²) in [6.45, 7) is 7.96. The van der Waals surface area contributed by atoms with Gasteiger partial charge in [-0.15, -0.1) is 0 Å². The maximum Gasteiger partial charge on any atom is 0.344 e. The highest BCUT2D eigenvalue weighted by atomic mass is 17.2. The minimum atomic E-state index is -0.436. The molecular formula is C38H42O11. The van der Waals surface area contributed by atoms with Gasteiger partial charge in [-0.3, -0.25) is 9.59 Å². The van der Waals surface area contributed by atoms with Crippen molar-refractivity contribution in [2.75, 3.05) is 52.9 Å². The lowest BCUT2D eigenvalue weighted by Crippen LogP contribution is -2.14. The summed E-state index contributed by atoms with van der Waals surface area (Å²) in [5, 5.41) is 0. The molecule has 0 aliphatic carbocycles. The smallest absolute Gasteiger partial charge is 0.344 e. The Hall–Kier alpha value is -5.07. The molecule has 0 radical (unpaired) electrons. The van der Waals surface area contributed by atoms with Crippen LogP contribution in [0.4, 0.5) is 0 Å². The molecule has 11 heteroatoms. The third-order valence-corrected chi connectivity index (χ3v) is 6.32. The second-order valence-electron chi connectivity index (χ2n) is 9.85. The monoisotopic (exact) mass is 674 g/mol. The van der Waals surface area contributed by atoms with Crippen LogP contribution >= 0.6 is 0 Å². The van der Waals surface area contributed by atoms with E-state index >= 15 is 0 Å². The zero-order valence-electron chi connectivity index (χ0n) is 28.0. The third kappa shape index (κ3) is 14.3. The van der Waals surface area contributed by atoms with Crippen molar-refractivity contribution in [3.05, 3.63) is 125 Å². The molecule has 49 heavy (non-hydrogen) atoms. The minimum absolute atomic E-state index is 0.00169. The Bertz CT molecular complexity index is 1520. The number of hydrogen-bond acceptors (Lipinski definition) is 11. The van der Waals surface area contributed by atoms with Crippen LogP contribution in [0.15, 0.2) is 103 Å². The van der Waals surface area contributed by atoms with Crippen molar-refractivity contribution in [2.45, 2.75) is 20.8 Å². The van der Waals surface area contributed by atoms with Crippen molar-refractivity contribution < 1.29 is 52.9 Å². The highest BCUT2D eigenvalue weighted by Crippen LogP contribution is 2.19. The Morgan fingerprint density at radius 2 is 0.816 bits per heavy atom. The van der Waals surface area contributed by atoms with Gasteiger partial charge in [-0.2, -0.15) is 0 Å². The number of hydrogen-bond donors (Lipinski definition) is 0. The summed E-state index contributed by atoms with van der Waals surface area (Å²) < 4.78 is 21.1. The second kappa shape index (κ2) is 22.5. The molecule has 0 saturated carbocycles. The molecule has 0 aliphatic heterocycles. The van der Waals surface area contributed by atoms with Crippen molar-refractivity contribution >= 4 is 17.5 Å². The fraction of sp³-hybridized carbons (Fsp3) is 0.289. The third-order valence-electron chi connectivity index (χ3n) is 6.32. The first-order chi connectivity index (χ1) is 23.9. The number of esters is 1. The zero-order chi connectivity index (χ0) is 35.1. The molecule has 0 aromatic heterocycles. The molecule has 0 unspecified atom stereocenters. The summed E-state index contributed by atoms with van der Waals surface area (Å²) in [7, 11) is 0. The summed E-state index contributed by atoms with van der Waals surface area (Å²) in [6.07, 6.45) is 0. The number of rotatable bonds is 20. The van der Waals surface area contributed by atoms with Gasteiger partial charge in [-0.05, 0) is 93.6 Å². The predicted octanol–water partition coefficient (Wildman–Crippen LogP) is 6.47. The van der Waals surface area contributed by atoms with E-state index in [0.29, 0.717) is 85.8 Å². The van der Waals surface area contributed by atoms with Crippen LogP contribution in [-0.2, 0) is 29.1 Å². The number of carbonyl (C=O) groups excluding carboxylic acids is 3. The van der Waals surface area contributed by atoms with Gasteiger partial charge in [0.15, 0.2) is 18.2 Å². The number of ether oxygens (including phenoxy) is 4. The molecule has 0 spiro atoms. The van der Waals surface area contributed by atoms with Crippen LogP contribution in [0, 0.1) is 0 Å². The first-order valence-corrected chi connectivity index (χ1v) is 15.9. The Morgan fingerprint density at radius 3 is 1.20 bits per heavy atom. The van der Waals surface area contributed by atoms with E-state index in [-0.39, 0.29) is 18.2 Å². The normalized spacial score (nSPS) is 10.3. The fourth-order valence-corrected chi connectivity index (χ4v) is 4.05. The zero-order valence-corrected chi connectivity index (χ0v) is 28.0. The molecule has 0 atom stereocenters. The molecular weight excluding hydrogens is 632 g/mol. The summed E-state index contributed by atoms with van der Waals surface area (Å²) in [5.74, 6) is 1.26. The van der Waals surface area contributed by atoms with Crippen LogP contribution < -0.4 is 14.2 Å². The SMILES string of the molecule is CCOOCCOc1ccc(C(=O)c2ccc(OCC(=O)OCC)cc2)cc1.CCOOCCOc1ccc(C(=O)c2ccccc2)cc1. The van der Waals surface area contributed by atoms with Crippen LogP contribution in [0.3, 0.4) is 0 Å². The Balaban J connectivity index is 0.000000276. The average molecular weight is 675 g/mol. The van der Waals surface area contributed by atoms with Crippen molar-refractivity contribution in [3.63, 3.8) is 0 Å². The average Bonchev–Trinajstić information content (AvgIpc) is 3.15. The van der Waals surface area contributed by atoms with E-state index < -0.39 is 5.97 Å². The molecule has 4 aromatic rings. The van der Waals surface area contributed by atoms with Crippen molar-refractivity contribution in [1.82, 2.24) is 0 Å². The summed E-state index contributed by atoms with van der Waals surface area (Å²) in [6, 6.07) is 29.7. The molecule has 4 aromatic carbocycles. The van der Waals surface area contributed by atoms with E-state index in [1.54, 1.807) is 91.9 Å². The van der Waals surface area contributed by atoms with Crippen molar-refractivity contribution in [2.24, 2.45) is 0 Å². The van der Waals surface area contributed by atoms with Gasteiger partial charge >= 0.3 is 5.97 Å². The fourth-order valence-electron chi connectivity index (χ4n) is 4.05. The topological polar surface area (TPSA) is 125 Å². The molecule has 260 valence electrons. The quantitative estimate of drug-likeness (QED) is 0.0337. The molecule has 0 bridgehead atoms. The highest BCUT2D eigenvalue weighted by molar-refractivity contribution is 6.09. The van der Waals surface area contributed by atoms with E-state index in [1.807, 2.05) is 32.0 Å². The van der Waals surface area contributed by atoms with Gasteiger partial charge < -0.3 is 18.9 Å². The van der Waals surface area contributed by atoms with Crippen LogP contribution in [0.1, 0.15) is 52.6 Å². The highest BCUT2D eigenvalue weighted by Gasteiger charge is 2.11. The van der Waals surface area contributed by atoms with E-state index in [0.717, 1.165) is 0 Å². The molecule has 0 aliphatic rings. The minimum Gasteiger partial charge on any atom is -0.491 e. The second-order valence-corrected chi connectivity index (χ2v) is 9.85. The first-order valence-electron chi connectivity index (χ1n) is 15.9. The maximum atomic E-state index is 12.6.